The molecule has 0 aromatic rings. The highest BCUT2D eigenvalue weighted by Gasteiger charge is 2.40. The number of aliphatic hydroxyl groups excluding tert-OH is 1. The maximum atomic E-state index is 12.1. The quantitative estimate of drug-likeness (QED) is 0.721. The number of ether oxygens (including phenoxy) is 4. The van der Waals surface area contributed by atoms with Gasteiger partial charge in [-0.05, 0) is 34.6 Å². The van der Waals surface area contributed by atoms with Crippen molar-refractivity contribution in [3.63, 3.8) is 0 Å². The number of hydrogen-bond acceptors (Lipinski definition) is 7. The maximum absolute atomic E-state index is 12.1. The Labute approximate surface area is 149 Å². The zero-order chi connectivity index (χ0) is 18.8. The van der Waals surface area contributed by atoms with Crippen molar-refractivity contribution in [3.8, 4) is 0 Å². The molecule has 0 saturated carbocycles. The molecule has 4 atom stereocenters. The van der Waals surface area contributed by atoms with E-state index < -0.39 is 29.5 Å². The largest absolute Gasteiger partial charge is 0.465 e. The zero-order valence-electron chi connectivity index (χ0n) is 15.7. The lowest BCUT2D eigenvalue weighted by Crippen LogP contribution is -2.32. The first-order chi connectivity index (χ1) is 11.5. The minimum absolute atomic E-state index is 0.0697. The van der Waals surface area contributed by atoms with Gasteiger partial charge in [-0.1, -0.05) is 0 Å². The fourth-order valence-electron chi connectivity index (χ4n) is 2.90. The van der Waals surface area contributed by atoms with Gasteiger partial charge in [-0.2, -0.15) is 0 Å². The van der Waals surface area contributed by atoms with Crippen LogP contribution in [-0.4, -0.2) is 60.3 Å². The molecule has 144 valence electrons. The number of carbonyl (C=O) groups is 2. The van der Waals surface area contributed by atoms with Crippen molar-refractivity contribution >= 4 is 11.8 Å². The maximum Gasteiger partial charge on any atom is 0.311 e. The fraction of sp³-hybridized carbons (Fsp3) is 0.889. The molecule has 2 rings (SSSR count). The van der Waals surface area contributed by atoms with Crippen LogP contribution in [0, 0.1) is 5.41 Å². The molecule has 0 aromatic carbocycles. The van der Waals surface area contributed by atoms with Crippen molar-refractivity contribution < 1.29 is 33.6 Å². The Kier molecular flexibility index (Phi) is 6.25. The fourth-order valence-corrected chi connectivity index (χ4v) is 2.90. The van der Waals surface area contributed by atoms with Gasteiger partial charge < -0.3 is 24.1 Å². The van der Waals surface area contributed by atoms with Gasteiger partial charge in [-0.3, -0.25) is 9.59 Å². The van der Waals surface area contributed by atoms with Crippen LogP contribution in [0.2, 0.25) is 0 Å². The molecule has 2 fully saturated rings. The van der Waals surface area contributed by atoms with Gasteiger partial charge in [-0.15, -0.1) is 0 Å². The number of hydrogen-bond donors (Lipinski definition) is 1. The third-order valence-electron chi connectivity index (χ3n) is 4.33. The van der Waals surface area contributed by atoms with Crippen LogP contribution < -0.4 is 0 Å². The van der Waals surface area contributed by atoms with Crippen LogP contribution in [0.1, 0.15) is 53.9 Å². The SMILES string of the molecule is CC1(C)OC[C@H](C[C@H](O)[C@@H]2CC(=O)[C@H](CCOC(=O)C(C)(C)C)O2)O1. The van der Waals surface area contributed by atoms with Gasteiger partial charge in [0.25, 0.3) is 0 Å². The minimum Gasteiger partial charge on any atom is -0.465 e. The summed E-state index contributed by atoms with van der Waals surface area (Å²) in [7, 11) is 0. The summed E-state index contributed by atoms with van der Waals surface area (Å²) >= 11 is 0. The third kappa shape index (κ3) is 5.74. The first-order valence-electron chi connectivity index (χ1n) is 8.83. The Bertz CT molecular complexity index is 494. The summed E-state index contributed by atoms with van der Waals surface area (Å²) in [6.45, 7) is 9.51. The zero-order valence-corrected chi connectivity index (χ0v) is 15.7. The number of rotatable bonds is 6. The Morgan fingerprint density at radius 1 is 1.40 bits per heavy atom. The molecule has 0 aromatic heterocycles. The topological polar surface area (TPSA) is 91.3 Å². The van der Waals surface area contributed by atoms with E-state index in [0.717, 1.165) is 0 Å². The minimum atomic E-state index is -0.798. The lowest BCUT2D eigenvalue weighted by molar-refractivity contribution is -0.155. The van der Waals surface area contributed by atoms with Gasteiger partial charge >= 0.3 is 5.97 Å². The number of aliphatic hydroxyl groups is 1. The van der Waals surface area contributed by atoms with E-state index in [0.29, 0.717) is 19.4 Å². The van der Waals surface area contributed by atoms with E-state index in [9.17, 15) is 14.7 Å². The van der Waals surface area contributed by atoms with E-state index in [1.807, 2.05) is 13.8 Å². The molecular formula is C18H30O7. The van der Waals surface area contributed by atoms with Gasteiger partial charge in [0, 0.05) is 19.3 Å². The van der Waals surface area contributed by atoms with Crippen LogP contribution in [0.25, 0.3) is 0 Å². The molecule has 0 radical (unpaired) electrons. The number of Topliss-reactive ketones (excluding diaryl/α,β-unsaturated/α-hetero) is 1. The summed E-state index contributed by atoms with van der Waals surface area (Å²) in [5.41, 5.74) is -0.573. The van der Waals surface area contributed by atoms with E-state index in [1.165, 1.54) is 0 Å². The second-order valence-electron chi connectivity index (χ2n) is 8.26. The Hall–Kier alpha value is -1.02. The van der Waals surface area contributed by atoms with Crippen LogP contribution in [-0.2, 0) is 28.5 Å². The van der Waals surface area contributed by atoms with Gasteiger partial charge in [-0.25, -0.2) is 0 Å². The molecule has 2 heterocycles. The van der Waals surface area contributed by atoms with Crippen LogP contribution >= 0.6 is 0 Å². The number of esters is 1. The van der Waals surface area contributed by atoms with Crippen LogP contribution in [0.15, 0.2) is 0 Å². The summed E-state index contributed by atoms with van der Waals surface area (Å²) in [5.74, 6) is -1.02. The molecule has 2 aliphatic heterocycles. The molecule has 2 aliphatic rings. The average Bonchev–Trinajstić information content (AvgIpc) is 3.01. The molecule has 0 spiro atoms. The second kappa shape index (κ2) is 7.70. The summed E-state index contributed by atoms with van der Waals surface area (Å²) in [5, 5.41) is 10.3. The molecular weight excluding hydrogens is 328 g/mol. The number of ketones is 1. The summed E-state index contributed by atoms with van der Waals surface area (Å²) in [6, 6.07) is 0. The summed E-state index contributed by atoms with van der Waals surface area (Å²) in [6.07, 6.45) is -1.37. The molecule has 0 unspecified atom stereocenters. The van der Waals surface area contributed by atoms with Crippen molar-refractivity contribution in [1.82, 2.24) is 0 Å². The first-order valence-corrected chi connectivity index (χ1v) is 8.83. The normalized spacial score (nSPS) is 30.5. The van der Waals surface area contributed by atoms with E-state index in [-0.39, 0.29) is 30.9 Å². The summed E-state index contributed by atoms with van der Waals surface area (Å²) in [4.78, 5) is 23.8. The number of carbonyl (C=O) groups excluding carboxylic acids is 2. The molecule has 7 nitrogen and oxygen atoms in total. The average molecular weight is 358 g/mol. The van der Waals surface area contributed by atoms with Crippen LogP contribution in [0.3, 0.4) is 0 Å². The Morgan fingerprint density at radius 3 is 2.64 bits per heavy atom. The van der Waals surface area contributed by atoms with Crippen molar-refractivity contribution in [2.75, 3.05) is 13.2 Å². The molecule has 1 N–H and O–H groups in total. The lowest BCUT2D eigenvalue weighted by Gasteiger charge is -2.22. The predicted molar refractivity (Wildman–Crippen MR) is 88.8 cm³/mol. The van der Waals surface area contributed by atoms with E-state index >= 15 is 0 Å². The lowest BCUT2D eigenvalue weighted by atomic mass is 9.97. The first kappa shape index (κ1) is 20.3. The van der Waals surface area contributed by atoms with Gasteiger partial charge in [0.2, 0.25) is 0 Å². The van der Waals surface area contributed by atoms with Crippen molar-refractivity contribution in [1.29, 1.82) is 0 Å². The summed E-state index contributed by atoms with van der Waals surface area (Å²) < 4.78 is 22.0. The monoisotopic (exact) mass is 358 g/mol. The predicted octanol–water partition coefficient (Wildman–Crippen LogP) is 1.59. The molecule has 0 amide bonds. The van der Waals surface area contributed by atoms with Crippen LogP contribution in [0.4, 0.5) is 0 Å². The molecule has 7 heteroatoms. The van der Waals surface area contributed by atoms with Crippen molar-refractivity contribution in [3.05, 3.63) is 0 Å². The van der Waals surface area contributed by atoms with Crippen molar-refractivity contribution in [2.24, 2.45) is 5.41 Å². The highest BCUT2D eigenvalue weighted by molar-refractivity contribution is 5.85. The Morgan fingerprint density at radius 2 is 2.08 bits per heavy atom. The van der Waals surface area contributed by atoms with Gasteiger partial charge in [0.05, 0.1) is 36.9 Å². The van der Waals surface area contributed by atoms with E-state index in [1.54, 1.807) is 20.8 Å². The van der Waals surface area contributed by atoms with Crippen molar-refractivity contribution in [2.45, 2.75) is 84.1 Å². The smallest absolute Gasteiger partial charge is 0.311 e. The van der Waals surface area contributed by atoms with Crippen LogP contribution in [0.5, 0.6) is 0 Å². The highest BCUT2D eigenvalue weighted by atomic mass is 16.7. The van der Waals surface area contributed by atoms with Gasteiger partial charge in [0.1, 0.15) is 6.10 Å². The molecule has 0 bridgehead atoms. The molecule has 0 aliphatic carbocycles. The third-order valence-corrected chi connectivity index (χ3v) is 4.33. The van der Waals surface area contributed by atoms with E-state index in [2.05, 4.69) is 0 Å². The molecule has 2 saturated heterocycles. The standard InChI is InChI=1S/C18H30O7/c1-17(2,3)16(21)22-7-6-14-13(20)9-15(24-14)12(19)8-11-10-23-18(4,5)25-11/h11-12,14-15,19H,6-10H2,1-5H3/t11-,12-,14-,15-/m0/s1. The Balaban J connectivity index is 1.75. The highest BCUT2D eigenvalue weighted by Crippen LogP contribution is 2.29. The molecule has 25 heavy (non-hydrogen) atoms. The second-order valence-corrected chi connectivity index (χ2v) is 8.26. The van der Waals surface area contributed by atoms with E-state index in [4.69, 9.17) is 18.9 Å². The van der Waals surface area contributed by atoms with Gasteiger partial charge in [0.15, 0.2) is 11.6 Å².